The Hall–Kier alpha value is -1.02. The first-order chi connectivity index (χ1) is 11.5. The third-order valence-electron chi connectivity index (χ3n) is 5.43. The van der Waals surface area contributed by atoms with Crippen LogP contribution in [0.2, 0.25) is 0 Å². The fourth-order valence-corrected chi connectivity index (χ4v) is 4.81. The molecule has 24 heavy (non-hydrogen) atoms. The number of aryl methyl sites for hydroxylation is 1. The molecule has 1 aromatic rings. The molecule has 0 unspecified atom stereocenters. The Labute approximate surface area is 147 Å². The maximum atomic E-state index is 12.1. The molecule has 0 amide bonds. The molecule has 134 valence electrons. The van der Waals surface area contributed by atoms with Crippen molar-refractivity contribution in [3.63, 3.8) is 0 Å². The van der Waals surface area contributed by atoms with E-state index in [4.69, 9.17) is 4.74 Å². The minimum absolute atomic E-state index is 0.175. The van der Waals surface area contributed by atoms with Crippen LogP contribution in [0, 0.1) is 18.3 Å². The van der Waals surface area contributed by atoms with Crippen molar-refractivity contribution < 1.29 is 14.6 Å². The molecule has 0 bridgehead atoms. The molecule has 6 nitrogen and oxygen atoms in total. The van der Waals surface area contributed by atoms with E-state index in [1.165, 1.54) is 0 Å². The molecule has 3 rings (SSSR count). The summed E-state index contributed by atoms with van der Waals surface area (Å²) >= 11 is 1.68. The van der Waals surface area contributed by atoms with Crippen molar-refractivity contribution in [2.45, 2.75) is 26.3 Å². The number of carboxylic acid groups (broad SMARTS) is 1. The van der Waals surface area contributed by atoms with Crippen LogP contribution in [0.4, 0.5) is 0 Å². The second-order valence-electron chi connectivity index (χ2n) is 7.08. The number of rotatable bonds is 6. The summed E-state index contributed by atoms with van der Waals surface area (Å²) in [6, 6.07) is 0. The van der Waals surface area contributed by atoms with E-state index in [1.54, 1.807) is 18.4 Å². The smallest absolute Gasteiger partial charge is 0.311 e. The van der Waals surface area contributed by atoms with Crippen LogP contribution >= 0.6 is 11.3 Å². The fraction of sp³-hybridized carbons (Fsp3) is 0.765. The molecule has 0 spiro atoms. The molecule has 2 atom stereocenters. The molecular formula is C17H27N3O3S. The highest BCUT2D eigenvalue weighted by Gasteiger charge is 2.53. The van der Waals surface area contributed by atoms with Crippen molar-refractivity contribution in [3.8, 4) is 0 Å². The maximum Gasteiger partial charge on any atom is 0.311 e. The van der Waals surface area contributed by atoms with E-state index in [1.807, 2.05) is 6.92 Å². The second kappa shape index (κ2) is 7.47. The van der Waals surface area contributed by atoms with E-state index in [0.29, 0.717) is 13.2 Å². The van der Waals surface area contributed by atoms with Gasteiger partial charge in [0.2, 0.25) is 0 Å². The number of methoxy groups -OCH3 is 1. The quantitative estimate of drug-likeness (QED) is 0.840. The van der Waals surface area contributed by atoms with Gasteiger partial charge in [0.25, 0.3) is 0 Å². The van der Waals surface area contributed by atoms with Gasteiger partial charge in [-0.15, -0.1) is 11.3 Å². The first-order valence-corrected chi connectivity index (χ1v) is 9.49. The van der Waals surface area contributed by atoms with E-state index in [0.717, 1.165) is 56.3 Å². The average molecular weight is 353 g/mol. The predicted octanol–water partition coefficient (Wildman–Crippen LogP) is 1.70. The lowest BCUT2D eigenvalue weighted by Crippen LogP contribution is -2.41. The molecule has 0 aromatic carbocycles. The normalized spacial score (nSPS) is 28.7. The van der Waals surface area contributed by atoms with E-state index < -0.39 is 11.4 Å². The van der Waals surface area contributed by atoms with Gasteiger partial charge in [0.15, 0.2) is 0 Å². The van der Waals surface area contributed by atoms with Gasteiger partial charge < -0.3 is 9.84 Å². The fourth-order valence-electron chi connectivity index (χ4n) is 4.21. The number of carbonyl (C=O) groups is 1. The number of likely N-dealkylation sites (tertiary alicyclic amines) is 2. The zero-order valence-electron chi connectivity index (χ0n) is 14.5. The molecule has 3 heterocycles. The van der Waals surface area contributed by atoms with Gasteiger partial charge in [-0.25, -0.2) is 4.98 Å². The van der Waals surface area contributed by atoms with Crippen molar-refractivity contribution in [2.75, 3.05) is 46.4 Å². The van der Waals surface area contributed by atoms with Crippen LogP contribution in [-0.2, 0) is 16.1 Å². The molecule has 2 saturated heterocycles. The minimum atomic E-state index is -0.626. The zero-order chi connectivity index (χ0) is 17.2. The number of thiazole rings is 1. The summed E-state index contributed by atoms with van der Waals surface area (Å²) in [7, 11) is 1.69. The van der Waals surface area contributed by atoms with Crippen molar-refractivity contribution in [1.82, 2.24) is 14.8 Å². The lowest BCUT2D eigenvalue weighted by atomic mass is 9.75. The van der Waals surface area contributed by atoms with Gasteiger partial charge in [-0.1, -0.05) is 0 Å². The number of aliphatic carboxylic acids is 1. The average Bonchev–Trinajstić information content (AvgIpc) is 3.05. The van der Waals surface area contributed by atoms with Crippen LogP contribution in [0.1, 0.15) is 23.5 Å². The largest absolute Gasteiger partial charge is 0.481 e. The highest BCUT2D eigenvalue weighted by molar-refractivity contribution is 7.09. The van der Waals surface area contributed by atoms with Crippen molar-refractivity contribution in [3.05, 3.63) is 16.1 Å². The van der Waals surface area contributed by atoms with E-state index in [-0.39, 0.29) is 5.92 Å². The number of nitrogens with zero attached hydrogens (tertiary/aromatic N) is 3. The number of fused-ring (bicyclic) bond motifs is 1. The summed E-state index contributed by atoms with van der Waals surface area (Å²) in [6.07, 6.45) is 1.70. The molecule has 1 N–H and O–H groups in total. The monoisotopic (exact) mass is 353 g/mol. The van der Waals surface area contributed by atoms with Gasteiger partial charge in [-0.2, -0.15) is 0 Å². The Bertz CT molecular complexity index is 579. The van der Waals surface area contributed by atoms with E-state index in [9.17, 15) is 9.90 Å². The molecule has 1 aromatic heterocycles. The van der Waals surface area contributed by atoms with Gasteiger partial charge in [0.1, 0.15) is 0 Å². The summed E-state index contributed by atoms with van der Waals surface area (Å²) in [6.45, 7) is 7.62. The molecule has 2 aliphatic heterocycles. The van der Waals surface area contributed by atoms with E-state index in [2.05, 4.69) is 20.2 Å². The van der Waals surface area contributed by atoms with Crippen molar-refractivity contribution >= 4 is 17.3 Å². The van der Waals surface area contributed by atoms with Crippen LogP contribution in [0.3, 0.4) is 0 Å². The number of ether oxygens (including phenoxy) is 1. The molecular weight excluding hydrogens is 326 g/mol. The Morgan fingerprint density at radius 3 is 2.96 bits per heavy atom. The SMILES string of the molecule is COCCN1C[C@@H]2CN(Cc3csc(C)n3)CCC[C@]2(C(=O)O)C1. The zero-order valence-corrected chi connectivity index (χ0v) is 15.3. The minimum Gasteiger partial charge on any atom is -0.481 e. The summed E-state index contributed by atoms with van der Waals surface area (Å²) < 4.78 is 5.17. The Kier molecular flexibility index (Phi) is 5.54. The number of aromatic nitrogens is 1. The summed E-state index contributed by atoms with van der Waals surface area (Å²) in [5, 5.41) is 13.2. The van der Waals surface area contributed by atoms with Crippen molar-refractivity contribution in [2.24, 2.45) is 11.3 Å². The second-order valence-corrected chi connectivity index (χ2v) is 8.14. The number of carboxylic acids is 1. The van der Waals surface area contributed by atoms with Crippen LogP contribution in [0.25, 0.3) is 0 Å². The third-order valence-corrected chi connectivity index (χ3v) is 6.25. The Balaban J connectivity index is 1.71. The molecule has 2 aliphatic rings. The van der Waals surface area contributed by atoms with Gasteiger partial charge in [-0.05, 0) is 26.3 Å². The Morgan fingerprint density at radius 1 is 1.50 bits per heavy atom. The lowest BCUT2D eigenvalue weighted by Gasteiger charge is -2.29. The standard InChI is InChI=1S/C17H27N3O3S/c1-13-18-15(11-24-13)10-19-5-3-4-17(16(21)22)12-20(6-7-23-2)9-14(17)8-19/h11,14H,3-10,12H2,1-2H3,(H,21,22)/t14-,17-/m0/s1. The number of hydrogen-bond acceptors (Lipinski definition) is 6. The van der Waals surface area contributed by atoms with Gasteiger partial charge in [0.05, 0.1) is 22.7 Å². The lowest BCUT2D eigenvalue weighted by molar-refractivity contribution is -0.151. The van der Waals surface area contributed by atoms with Gasteiger partial charge in [-0.3, -0.25) is 14.6 Å². The summed E-state index contributed by atoms with van der Waals surface area (Å²) in [4.78, 5) is 21.3. The van der Waals surface area contributed by atoms with Crippen LogP contribution in [0.15, 0.2) is 5.38 Å². The third kappa shape index (κ3) is 3.64. The van der Waals surface area contributed by atoms with E-state index >= 15 is 0 Å². The van der Waals surface area contributed by atoms with Gasteiger partial charge >= 0.3 is 5.97 Å². The van der Waals surface area contributed by atoms with Crippen molar-refractivity contribution in [1.29, 1.82) is 0 Å². The topological polar surface area (TPSA) is 65.9 Å². The van der Waals surface area contributed by atoms with Gasteiger partial charge in [0, 0.05) is 51.1 Å². The Morgan fingerprint density at radius 2 is 2.29 bits per heavy atom. The van der Waals surface area contributed by atoms with Crippen LogP contribution < -0.4 is 0 Å². The summed E-state index contributed by atoms with van der Waals surface area (Å²) in [5.74, 6) is -0.451. The van der Waals surface area contributed by atoms with Crippen LogP contribution in [0.5, 0.6) is 0 Å². The predicted molar refractivity (Wildman–Crippen MR) is 93.2 cm³/mol. The first-order valence-electron chi connectivity index (χ1n) is 8.61. The molecule has 7 heteroatoms. The maximum absolute atomic E-state index is 12.1. The molecule has 0 radical (unpaired) electrons. The molecule has 0 aliphatic carbocycles. The van der Waals surface area contributed by atoms with Crippen LogP contribution in [-0.4, -0.2) is 72.3 Å². The summed E-state index contributed by atoms with van der Waals surface area (Å²) in [5.41, 5.74) is 0.509. The molecule has 0 saturated carbocycles. The first kappa shape index (κ1) is 17.8. The molecule has 2 fully saturated rings. The highest BCUT2D eigenvalue weighted by atomic mass is 32.1. The number of hydrogen-bond donors (Lipinski definition) is 1. The highest BCUT2D eigenvalue weighted by Crippen LogP contribution is 2.43.